The highest BCUT2D eigenvalue weighted by molar-refractivity contribution is 6.34. The Labute approximate surface area is 163 Å². The molecule has 0 heterocycles. The Bertz CT molecular complexity index is 892. The fourth-order valence-electron chi connectivity index (χ4n) is 2.75. The monoisotopic (exact) mass is 420 g/mol. The maximum atomic E-state index is 14.2. The van der Waals surface area contributed by atoms with Gasteiger partial charge in [-0.25, -0.2) is 9.18 Å². The van der Waals surface area contributed by atoms with E-state index in [4.69, 9.17) is 23.2 Å². The van der Waals surface area contributed by atoms with Crippen LogP contribution in [0.4, 0.5) is 17.6 Å². The van der Waals surface area contributed by atoms with Gasteiger partial charge >= 0.3 is 12.1 Å². The Hall–Kier alpha value is -2.05. The zero-order valence-electron chi connectivity index (χ0n) is 13.9. The van der Waals surface area contributed by atoms with E-state index in [2.05, 4.69) is 0 Å². The van der Waals surface area contributed by atoms with E-state index in [-0.39, 0.29) is 10.6 Å². The lowest BCUT2D eigenvalue weighted by Crippen LogP contribution is -2.20. The van der Waals surface area contributed by atoms with Crippen molar-refractivity contribution in [2.45, 2.75) is 25.4 Å². The number of rotatable bonds is 5. The molecule has 0 aromatic heterocycles. The topological polar surface area (TPSA) is 37.3 Å². The second-order valence-corrected chi connectivity index (χ2v) is 6.54. The van der Waals surface area contributed by atoms with Crippen LogP contribution >= 0.6 is 23.2 Å². The summed E-state index contributed by atoms with van der Waals surface area (Å²) in [5.74, 6) is -4.68. The number of aromatic carboxylic acids is 1. The number of hydrogen-bond donors (Lipinski definition) is 1. The van der Waals surface area contributed by atoms with Gasteiger partial charge in [0.05, 0.1) is 10.6 Å². The maximum Gasteiger partial charge on any atom is 0.399 e. The first-order valence-electron chi connectivity index (χ1n) is 7.80. The van der Waals surface area contributed by atoms with Crippen LogP contribution in [-0.4, -0.2) is 17.3 Å². The van der Waals surface area contributed by atoms with Gasteiger partial charge in [-0.15, -0.1) is 0 Å². The molecule has 0 aliphatic carbocycles. The van der Waals surface area contributed by atoms with Gasteiger partial charge in [0.25, 0.3) is 0 Å². The van der Waals surface area contributed by atoms with Crippen molar-refractivity contribution >= 4 is 35.2 Å². The van der Waals surface area contributed by atoms with Gasteiger partial charge in [-0.05, 0) is 35.7 Å². The number of carboxylic acid groups (broad SMARTS) is 1. The molecule has 1 atom stereocenters. The van der Waals surface area contributed by atoms with Crippen molar-refractivity contribution in [2.75, 3.05) is 0 Å². The van der Waals surface area contributed by atoms with Crippen LogP contribution in [0, 0.1) is 5.82 Å². The lowest BCUT2D eigenvalue weighted by Gasteiger charge is -2.19. The number of carbonyl (C=O) groups is 1. The molecular formula is C19H14Cl2F4O2. The first-order chi connectivity index (χ1) is 12.6. The van der Waals surface area contributed by atoms with Gasteiger partial charge in [0.15, 0.2) is 0 Å². The first kappa shape index (κ1) is 21.3. The third kappa shape index (κ3) is 4.82. The van der Waals surface area contributed by atoms with Crippen molar-refractivity contribution in [2.24, 2.45) is 0 Å². The lowest BCUT2D eigenvalue weighted by atomic mass is 9.94. The summed E-state index contributed by atoms with van der Waals surface area (Å²) in [7, 11) is 0. The van der Waals surface area contributed by atoms with E-state index in [0.717, 1.165) is 24.3 Å². The van der Waals surface area contributed by atoms with E-state index in [9.17, 15) is 27.5 Å². The van der Waals surface area contributed by atoms with Gasteiger partial charge in [0, 0.05) is 10.6 Å². The third-order valence-corrected chi connectivity index (χ3v) is 4.47. The van der Waals surface area contributed by atoms with E-state index in [0.29, 0.717) is 17.5 Å². The molecule has 144 valence electrons. The number of halogens is 6. The predicted molar refractivity (Wildman–Crippen MR) is 97.0 cm³/mol. The Morgan fingerprint density at radius 3 is 2.48 bits per heavy atom. The van der Waals surface area contributed by atoms with Crippen molar-refractivity contribution in [3.8, 4) is 0 Å². The lowest BCUT2D eigenvalue weighted by molar-refractivity contribution is -0.139. The number of carboxylic acids is 1. The molecule has 2 aromatic carbocycles. The molecule has 1 unspecified atom stereocenters. The van der Waals surface area contributed by atoms with E-state index in [1.807, 2.05) is 0 Å². The highest BCUT2D eigenvalue weighted by atomic mass is 35.5. The Balaban J connectivity index is 2.57. The van der Waals surface area contributed by atoms with Crippen LogP contribution in [0.25, 0.3) is 6.08 Å². The Kier molecular flexibility index (Phi) is 6.54. The van der Waals surface area contributed by atoms with E-state index in [1.165, 1.54) is 18.2 Å². The molecule has 0 aliphatic rings. The van der Waals surface area contributed by atoms with Crippen LogP contribution < -0.4 is 0 Å². The molecule has 27 heavy (non-hydrogen) atoms. The minimum absolute atomic E-state index is 0.000175. The Morgan fingerprint density at radius 1 is 1.26 bits per heavy atom. The van der Waals surface area contributed by atoms with Crippen molar-refractivity contribution in [1.29, 1.82) is 0 Å². The SMILES string of the molecule is CCc1c(/C=C/C(c2cc(Cl)cc(Cl)c2F)C(F)(F)F)cccc1C(=O)O. The molecule has 0 fully saturated rings. The summed E-state index contributed by atoms with van der Waals surface area (Å²) < 4.78 is 54.8. The van der Waals surface area contributed by atoms with Crippen LogP contribution in [0.15, 0.2) is 36.4 Å². The normalized spacial score (nSPS) is 13.1. The molecule has 0 amide bonds. The summed E-state index contributed by atoms with van der Waals surface area (Å²) in [6.45, 7) is 1.69. The molecule has 0 saturated carbocycles. The molecule has 2 nitrogen and oxygen atoms in total. The van der Waals surface area contributed by atoms with Crippen molar-refractivity contribution in [3.63, 3.8) is 0 Å². The van der Waals surface area contributed by atoms with Crippen LogP contribution in [-0.2, 0) is 6.42 Å². The molecule has 2 rings (SSSR count). The van der Waals surface area contributed by atoms with Crippen LogP contribution in [0.5, 0.6) is 0 Å². The fourth-order valence-corrected chi connectivity index (χ4v) is 3.26. The fraction of sp³-hybridized carbons (Fsp3) is 0.211. The predicted octanol–water partition coefficient (Wildman–Crippen LogP) is 6.75. The van der Waals surface area contributed by atoms with Gasteiger partial charge < -0.3 is 5.11 Å². The highest BCUT2D eigenvalue weighted by Gasteiger charge is 2.41. The first-order valence-corrected chi connectivity index (χ1v) is 8.56. The molecule has 0 radical (unpaired) electrons. The zero-order valence-corrected chi connectivity index (χ0v) is 15.5. The highest BCUT2D eigenvalue weighted by Crippen LogP contribution is 2.40. The summed E-state index contributed by atoms with van der Waals surface area (Å²) in [6.07, 6.45) is -2.60. The van der Waals surface area contributed by atoms with Crippen molar-refractivity contribution < 1.29 is 27.5 Å². The largest absolute Gasteiger partial charge is 0.478 e. The third-order valence-electron chi connectivity index (χ3n) is 3.97. The number of alkyl halides is 3. The smallest absolute Gasteiger partial charge is 0.399 e. The van der Waals surface area contributed by atoms with Gasteiger partial charge in [0.1, 0.15) is 11.7 Å². The Morgan fingerprint density at radius 2 is 1.93 bits per heavy atom. The summed E-state index contributed by atoms with van der Waals surface area (Å²) in [5, 5.41) is 8.58. The van der Waals surface area contributed by atoms with Crippen molar-refractivity contribution in [3.05, 3.63) is 74.5 Å². The van der Waals surface area contributed by atoms with Crippen LogP contribution in [0.3, 0.4) is 0 Å². The summed E-state index contributed by atoms with van der Waals surface area (Å²) in [6, 6.07) is 6.19. The standard InChI is InChI=1S/C19H14Cl2F4O2/c1-2-12-10(4-3-5-13(12)18(26)27)6-7-15(19(23,24)25)14-8-11(20)9-16(21)17(14)22/h3-9,15H,2H2,1H3,(H,26,27)/b7-6+. The molecule has 0 spiro atoms. The number of hydrogen-bond acceptors (Lipinski definition) is 1. The van der Waals surface area contributed by atoms with Gasteiger partial charge in [-0.1, -0.05) is 54.4 Å². The number of allylic oxidation sites excluding steroid dienone is 1. The summed E-state index contributed by atoms with van der Waals surface area (Å²) in [5.41, 5.74) is -0.0177. The van der Waals surface area contributed by atoms with Crippen molar-refractivity contribution in [1.82, 2.24) is 0 Å². The quantitative estimate of drug-likeness (QED) is 0.428. The van der Waals surface area contributed by atoms with E-state index >= 15 is 0 Å². The van der Waals surface area contributed by atoms with Crippen LogP contribution in [0.2, 0.25) is 10.0 Å². The van der Waals surface area contributed by atoms with Gasteiger partial charge in [0.2, 0.25) is 0 Å². The molecule has 8 heteroatoms. The second kappa shape index (κ2) is 8.31. The summed E-state index contributed by atoms with van der Waals surface area (Å²) >= 11 is 11.3. The maximum absolute atomic E-state index is 14.2. The van der Waals surface area contributed by atoms with E-state index < -0.39 is 34.5 Å². The van der Waals surface area contributed by atoms with Gasteiger partial charge in [-0.2, -0.15) is 13.2 Å². The summed E-state index contributed by atoms with van der Waals surface area (Å²) in [4.78, 5) is 11.3. The average Bonchev–Trinajstić information content (AvgIpc) is 2.57. The minimum Gasteiger partial charge on any atom is -0.478 e. The average molecular weight is 421 g/mol. The zero-order chi connectivity index (χ0) is 20.4. The molecular weight excluding hydrogens is 407 g/mol. The number of benzene rings is 2. The molecule has 2 aromatic rings. The molecule has 1 N–H and O–H groups in total. The minimum atomic E-state index is -4.80. The van der Waals surface area contributed by atoms with Crippen LogP contribution in [0.1, 0.15) is 39.9 Å². The molecule has 0 bridgehead atoms. The van der Waals surface area contributed by atoms with Gasteiger partial charge in [-0.3, -0.25) is 0 Å². The van der Waals surface area contributed by atoms with E-state index in [1.54, 1.807) is 6.92 Å². The molecule has 0 aliphatic heterocycles. The molecule has 0 saturated heterocycles. The second-order valence-electron chi connectivity index (χ2n) is 5.70.